The molecule has 6 heteroatoms. The zero-order valence-corrected chi connectivity index (χ0v) is 17.9. The van der Waals surface area contributed by atoms with Crippen molar-refractivity contribution in [3.63, 3.8) is 0 Å². The Hall–Kier alpha value is -2.73. The predicted octanol–water partition coefficient (Wildman–Crippen LogP) is 3.48. The van der Waals surface area contributed by atoms with Gasteiger partial charge in [0, 0.05) is 38.2 Å². The number of nitrogens with one attached hydrogen (secondary N) is 1. The molecule has 1 N–H and O–H groups in total. The highest BCUT2D eigenvalue weighted by molar-refractivity contribution is 5.83. The van der Waals surface area contributed by atoms with Crippen molar-refractivity contribution in [2.24, 2.45) is 5.92 Å². The highest BCUT2D eigenvalue weighted by atomic mass is 19.1. The van der Waals surface area contributed by atoms with Gasteiger partial charge in [-0.15, -0.1) is 0 Å². The van der Waals surface area contributed by atoms with Crippen LogP contribution in [0.5, 0.6) is 0 Å². The first-order valence-corrected chi connectivity index (χ1v) is 11.2. The molecule has 2 saturated heterocycles. The third-order valence-electron chi connectivity index (χ3n) is 6.28. The lowest BCUT2D eigenvalue weighted by molar-refractivity contribution is -0.139. The number of hydrogen-bond donors (Lipinski definition) is 1. The predicted molar refractivity (Wildman–Crippen MR) is 117 cm³/mol. The van der Waals surface area contributed by atoms with Crippen molar-refractivity contribution in [1.29, 1.82) is 0 Å². The second-order valence-corrected chi connectivity index (χ2v) is 8.62. The molecule has 2 aromatic carbocycles. The Morgan fingerprint density at radius 2 is 1.71 bits per heavy atom. The number of carbonyl (C=O) groups is 2. The van der Waals surface area contributed by atoms with Gasteiger partial charge in [0.25, 0.3) is 0 Å². The number of rotatable bonds is 7. The fourth-order valence-corrected chi connectivity index (χ4v) is 4.41. The average Bonchev–Trinajstić information content (AvgIpc) is 3.29. The standard InChI is InChI=1S/C25H30FN3O2/c26-23-6-2-1-5-21(23)17-29-18-22(11-12-24(29)30)25(31)27-15-19-7-9-20(10-8-19)16-28-13-3-4-14-28/h1-2,5-10,22H,3-4,11-18H2,(H,27,31)/t22-/m0/s1. The number of amides is 2. The second-order valence-electron chi connectivity index (χ2n) is 8.62. The summed E-state index contributed by atoms with van der Waals surface area (Å²) in [7, 11) is 0. The summed E-state index contributed by atoms with van der Waals surface area (Å²) >= 11 is 0. The Balaban J connectivity index is 1.28. The van der Waals surface area contributed by atoms with Gasteiger partial charge in [0.05, 0.1) is 5.92 Å². The van der Waals surface area contributed by atoms with E-state index in [1.807, 2.05) is 0 Å². The van der Waals surface area contributed by atoms with Crippen LogP contribution in [0.4, 0.5) is 4.39 Å². The van der Waals surface area contributed by atoms with Crippen LogP contribution in [0.2, 0.25) is 0 Å². The van der Waals surface area contributed by atoms with Gasteiger partial charge in [-0.25, -0.2) is 4.39 Å². The summed E-state index contributed by atoms with van der Waals surface area (Å²) in [6.45, 7) is 4.34. The Labute approximate surface area is 183 Å². The summed E-state index contributed by atoms with van der Waals surface area (Å²) in [6.07, 6.45) is 3.42. The van der Waals surface area contributed by atoms with E-state index >= 15 is 0 Å². The van der Waals surface area contributed by atoms with Gasteiger partial charge in [0.2, 0.25) is 11.8 Å². The fourth-order valence-electron chi connectivity index (χ4n) is 4.41. The third kappa shape index (κ3) is 5.70. The average molecular weight is 424 g/mol. The van der Waals surface area contributed by atoms with Crippen LogP contribution in [0.25, 0.3) is 0 Å². The molecule has 31 heavy (non-hydrogen) atoms. The minimum Gasteiger partial charge on any atom is -0.352 e. The topological polar surface area (TPSA) is 52.7 Å². The first kappa shape index (κ1) is 21.5. The van der Waals surface area contributed by atoms with Gasteiger partial charge in [-0.1, -0.05) is 42.5 Å². The maximum atomic E-state index is 14.0. The summed E-state index contributed by atoms with van der Waals surface area (Å²) < 4.78 is 14.0. The summed E-state index contributed by atoms with van der Waals surface area (Å²) in [5.41, 5.74) is 2.84. The zero-order chi connectivity index (χ0) is 21.6. The minimum atomic E-state index is -0.324. The molecule has 2 fully saturated rings. The van der Waals surface area contributed by atoms with Gasteiger partial charge < -0.3 is 10.2 Å². The van der Waals surface area contributed by atoms with E-state index < -0.39 is 0 Å². The van der Waals surface area contributed by atoms with Gasteiger partial charge in [-0.05, 0) is 49.5 Å². The summed E-state index contributed by atoms with van der Waals surface area (Å²) in [6, 6.07) is 14.9. The molecular formula is C25H30FN3O2. The van der Waals surface area contributed by atoms with Crippen LogP contribution in [0, 0.1) is 11.7 Å². The molecule has 2 aromatic rings. The number of carbonyl (C=O) groups excluding carboxylic acids is 2. The van der Waals surface area contributed by atoms with Crippen molar-refractivity contribution in [3.8, 4) is 0 Å². The normalized spacial score (nSPS) is 19.6. The number of nitrogens with zero attached hydrogens (tertiary/aromatic N) is 2. The lowest BCUT2D eigenvalue weighted by Gasteiger charge is -2.32. The summed E-state index contributed by atoms with van der Waals surface area (Å²) in [5, 5.41) is 3.01. The van der Waals surface area contributed by atoms with E-state index in [0.29, 0.717) is 31.5 Å². The Kier molecular flexibility index (Phi) is 6.97. The molecular weight excluding hydrogens is 393 g/mol. The molecule has 0 radical (unpaired) electrons. The number of piperidine rings is 1. The van der Waals surface area contributed by atoms with Crippen LogP contribution in [-0.2, 0) is 29.2 Å². The molecule has 0 unspecified atom stereocenters. The maximum Gasteiger partial charge on any atom is 0.225 e. The highest BCUT2D eigenvalue weighted by Crippen LogP contribution is 2.21. The summed E-state index contributed by atoms with van der Waals surface area (Å²) in [4.78, 5) is 29.1. The van der Waals surface area contributed by atoms with Gasteiger partial charge in [-0.2, -0.15) is 0 Å². The minimum absolute atomic E-state index is 0.0269. The molecule has 0 aromatic heterocycles. The molecule has 2 aliphatic heterocycles. The lowest BCUT2D eigenvalue weighted by Crippen LogP contribution is -2.45. The van der Waals surface area contributed by atoms with E-state index in [2.05, 4.69) is 34.5 Å². The summed E-state index contributed by atoms with van der Waals surface area (Å²) in [5.74, 6) is -0.665. The van der Waals surface area contributed by atoms with Crippen molar-refractivity contribution >= 4 is 11.8 Å². The van der Waals surface area contributed by atoms with Gasteiger partial charge in [0.1, 0.15) is 5.82 Å². The van der Waals surface area contributed by atoms with Crippen molar-refractivity contribution in [3.05, 3.63) is 71.0 Å². The zero-order valence-electron chi connectivity index (χ0n) is 17.9. The van der Waals surface area contributed by atoms with Crippen LogP contribution < -0.4 is 5.32 Å². The third-order valence-corrected chi connectivity index (χ3v) is 6.28. The van der Waals surface area contributed by atoms with Crippen LogP contribution in [0.3, 0.4) is 0 Å². The molecule has 1 atom stereocenters. The van der Waals surface area contributed by atoms with Gasteiger partial charge in [0.15, 0.2) is 0 Å². The molecule has 5 nitrogen and oxygen atoms in total. The smallest absolute Gasteiger partial charge is 0.225 e. The number of hydrogen-bond acceptors (Lipinski definition) is 3. The molecule has 0 spiro atoms. The quantitative estimate of drug-likeness (QED) is 0.742. The van der Waals surface area contributed by atoms with Crippen molar-refractivity contribution in [2.45, 2.75) is 45.3 Å². The Morgan fingerprint density at radius 3 is 2.45 bits per heavy atom. The first-order chi connectivity index (χ1) is 15.1. The van der Waals surface area contributed by atoms with Gasteiger partial charge >= 0.3 is 0 Å². The molecule has 164 valence electrons. The van der Waals surface area contributed by atoms with Crippen LogP contribution in [0.15, 0.2) is 48.5 Å². The largest absolute Gasteiger partial charge is 0.352 e. The number of benzene rings is 2. The molecule has 2 aliphatic rings. The SMILES string of the molecule is O=C(NCc1ccc(CN2CCCC2)cc1)[C@H]1CCC(=O)N(Cc2ccccc2F)C1. The van der Waals surface area contributed by atoms with Crippen molar-refractivity contribution in [1.82, 2.24) is 15.1 Å². The first-order valence-electron chi connectivity index (χ1n) is 11.2. The molecule has 0 bridgehead atoms. The highest BCUT2D eigenvalue weighted by Gasteiger charge is 2.30. The maximum absolute atomic E-state index is 14.0. The molecule has 0 aliphatic carbocycles. The van der Waals surface area contributed by atoms with Crippen LogP contribution in [-0.4, -0.2) is 41.2 Å². The molecule has 4 rings (SSSR count). The fraction of sp³-hybridized carbons (Fsp3) is 0.440. The number of halogens is 1. The van der Waals surface area contributed by atoms with Crippen molar-refractivity contribution in [2.75, 3.05) is 19.6 Å². The Morgan fingerprint density at radius 1 is 1.00 bits per heavy atom. The monoisotopic (exact) mass is 423 g/mol. The van der Waals surface area contributed by atoms with Crippen molar-refractivity contribution < 1.29 is 14.0 Å². The van der Waals surface area contributed by atoms with Crippen LogP contribution >= 0.6 is 0 Å². The number of likely N-dealkylation sites (tertiary alicyclic amines) is 2. The van der Waals surface area contributed by atoms with E-state index in [4.69, 9.17) is 0 Å². The van der Waals surface area contributed by atoms with E-state index in [-0.39, 0.29) is 30.1 Å². The van der Waals surface area contributed by atoms with Crippen LogP contribution in [0.1, 0.15) is 42.4 Å². The van der Waals surface area contributed by atoms with E-state index in [1.54, 1.807) is 23.1 Å². The Bertz CT molecular complexity index is 909. The van der Waals surface area contributed by atoms with E-state index in [0.717, 1.165) is 12.1 Å². The molecule has 2 heterocycles. The van der Waals surface area contributed by atoms with Gasteiger partial charge in [-0.3, -0.25) is 14.5 Å². The lowest BCUT2D eigenvalue weighted by atomic mass is 9.96. The van der Waals surface area contributed by atoms with E-state index in [1.165, 1.54) is 37.6 Å². The molecule has 0 saturated carbocycles. The molecule has 2 amide bonds. The van der Waals surface area contributed by atoms with E-state index in [9.17, 15) is 14.0 Å². The second kappa shape index (κ2) is 10.1.